The van der Waals surface area contributed by atoms with Crippen molar-refractivity contribution in [1.82, 2.24) is 9.97 Å². The van der Waals surface area contributed by atoms with Crippen molar-refractivity contribution in [3.05, 3.63) is 78.4 Å². The number of para-hydroxylation sites is 1. The zero-order valence-corrected chi connectivity index (χ0v) is 18.9. The van der Waals surface area contributed by atoms with Crippen molar-refractivity contribution < 1.29 is 9.18 Å². The van der Waals surface area contributed by atoms with Gasteiger partial charge in [0.05, 0.1) is 16.7 Å². The fraction of sp³-hybridized carbons (Fsp3) is 0.231. The number of benzene rings is 3. The molecule has 1 aliphatic carbocycles. The highest BCUT2D eigenvalue weighted by atomic mass is 32.2. The van der Waals surface area contributed by atoms with Gasteiger partial charge in [-0.1, -0.05) is 49.2 Å². The summed E-state index contributed by atoms with van der Waals surface area (Å²) in [5, 5.41) is 5.83. The summed E-state index contributed by atoms with van der Waals surface area (Å²) in [6.07, 6.45) is 6.07. The van der Waals surface area contributed by atoms with Gasteiger partial charge < -0.3 is 15.6 Å². The normalized spacial score (nSPS) is 14.3. The molecule has 1 fully saturated rings. The number of imidazole rings is 1. The third kappa shape index (κ3) is 5.20. The van der Waals surface area contributed by atoms with Gasteiger partial charge in [-0.2, -0.15) is 0 Å². The Morgan fingerprint density at radius 3 is 2.48 bits per heavy atom. The smallest absolute Gasteiger partial charge is 0.323 e. The van der Waals surface area contributed by atoms with Crippen molar-refractivity contribution in [2.24, 2.45) is 0 Å². The van der Waals surface area contributed by atoms with Gasteiger partial charge in [-0.05, 0) is 61.4 Å². The van der Waals surface area contributed by atoms with E-state index in [2.05, 4.69) is 15.6 Å². The molecular weight excluding hydrogens is 435 g/mol. The van der Waals surface area contributed by atoms with Gasteiger partial charge in [0.25, 0.3) is 0 Å². The largest absolute Gasteiger partial charge is 0.342 e. The van der Waals surface area contributed by atoms with Crippen molar-refractivity contribution in [2.75, 3.05) is 10.6 Å². The van der Waals surface area contributed by atoms with Gasteiger partial charge in [0.2, 0.25) is 0 Å². The van der Waals surface area contributed by atoms with Gasteiger partial charge in [-0.25, -0.2) is 14.2 Å². The first-order valence-corrected chi connectivity index (χ1v) is 12.1. The zero-order chi connectivity index (χ0) is 22.6. The molecule has 168 valence electrons. The molecule has 0 atom stereocenters. The molecule has 1 aromatic heterocycles. The molecular formula is C26H25FN4OS. The molecule has 0 spiro atoms. The second kappa shape index (κ2) is 9.67. The second-order valence-corrected chi connectivity index (χ2v) is 9.44. The van der Waals surface area contributed by atoms with Crippen molar-refractivity contribution in [3.63, 3.8) is 0 Å². The van der Waals surface area contributed by atoms with E-state index >= 15 is 0 Å². The molecule has 1 heterocycles. The second-order valence-electron chi connectivity index (χ2n) is 8.32. The van der Waals surface area contributed by atoms with Gasteiger partial charge in [0.1, 0.15) is 11.6 Å². The molecule has 0 radical (unpaired) electrons. The van der Waals surface area contributed by atoms with Crippen LogP contribution in [0, 0.1) is 5.82 Å². The Morgan fingerprint density at radius 1 is 0.970 bits per heavy atom. The summed E-state index contributed by atoms with van der Waals surface area (Å²) in [6.45, 7) is 0. The molecule has 5 rings (SSSR count). The number of nitrogens with zero attached hydrogens (tertiary/aromatic N) is 1. The molecule has 1 saturated carbocycles. The van der Waals surface area contributed by atoms with Gasteiger partial charge in [0.15, 0.2) is 0 Å². The molecule has 3 aromatic carbocycles. The lowest BCUT2D eigenvalue weighted by Crippen LogP contribution is -2.19. The van der Waals surface area contributed by atoms with Crippen molar-refractivity contribution in [3.8, 4) is 0 Å². The van der Waals surface area contributed by atoms with E-state index in [-0.39, 0.29) is 11.8 Å². The molecule has 2 amide bonds. The Hall–Kier alpha value is -3.32. The number of urea groups is 1. The van der Waals surface area contributed by atoms with E-state index < -0.39 is 0 Å². The summed E-state index contributed by atoms with van der Waals surface area (Å²) in [6, 6.07) is 19.2. The van der Waals surface area contributed by atoms with Crippen LogP contribution in [0.4, 0.5) is 20.6 Å². The summed E-state index contributed by atoms with van der Waals surface area (Å²) >= 11 is 1.47. The lowest BCUT2D eigenvalue weighted by Gasteiger charge is -2.18. The third-order valence-corrected chi connectivity index (χ3v) is 6.98. The van der Waals surface area contributed by atoms with Crippen molar-refractivity contribution in [1.29, 1.82) is 0 Å². The first-order chi connectivity index (χ1) is 16.1. The van der Waals surface area contributed by atoms with Crippen LogP contribution in [0.3, 0.4) is 0 Å². The third-order valence-electron chi connectivity index (χ3n) is 5.91. The van der Waals surface area contributed by atoms with Crippen LogP contribution in [0.25, 0.3) is 11.0 Å². The Morgan fingerprint density at radius 2 is 1.73 bits per heavy atom. The summed E-state index contributed by atoms with van der Waals surface area (Å²) in [5.41, 5.74) is 3.14. The molecule has 1 aliphatic rings. The monoisotopic (exact) mass is 460 g/mol. The lowest BCUT2D eigenvalue weighted by atomic mass is 9.89. The van der Waals surface area contributed by atoms with E-state index in [1.165, 1.54) is 43.2 Å². The van der Waals surface area contributed by atoms with Crippen LogP contribution in [-0.4, -0.2) is 16.0 Å². The SMILES string of the molecule is O=C(Nc1ccccc1)Nc1cc2nc(C3CCCCC3)[nH]c2cc1Sc1ccc(F)cc1. The molecule has 0 unspecified atom stereocenters. The number of aromatic nitrogens is 2. The molecule has 7 heteroatoms. The number of aromatic amines is 1. The molecule has 5 nitrogen and oxygen atoms in total. The number of hydrogen-bond donors (Lipinski definition) is 3. The number of halogens is 1. The fourth-order valence-electron chi connectivity index (χ4n) is 4.24. The van der Waals surface area contributed by atoms with Gasteiger partial charge >= 0.3 is 6.03 Å². The minimum Gasteiger partial charge on any atom is -0.342 e. The quantitative estimate of drug-likeness (QED) is 0.288. The summed E-state index contributed by atoms with van der Waals surface area (Å²) in [7, 11) is 0. The average molecular weight is 461 g/mol. The highest BCUT2D eigenvalue weighted by Crippen LogP contribution is 2.38. The van der Waals surface area contributed by atoms with Gasteiger partial charge in [0, 0.05) is 21.4 Å². The Bertz CT molecular complexity index is 1250. The minimum absolute atomic E-state index is 0.277. The first-order valence-electron chi connectivity index (χ1n) is 11.2. The van der Waals surface area contributed by atoms with Crippen LogP contribution in [0.1, 0.15) is 43.8 Å². The maximum absolute atomic E-state index is 13.4. The minimum atomic E-state index is -0.329. The summed E-state index contributed by atoms with van der Waals surface area (Å²) in [4.78, 5) is 22.8. The van der Waals surface area contributed by atoms with Crippen molar-refractivity contribution in [2.45, 2.75) is 47.8 Å². The lowest BCUT2D eigenvalue weighted by molar-refractivity contribution is 0.262. The van der Waals surface area contributed by atoms with Crippen LogP contribution in [0.5, 0.6) is 0 Å². The number of rotatable bonds is 5. The maximum atomic E-state index is 13.4. The van der Waals surface area contributed by atoms with E-state index in [4.69, 9.17) is 4.98 Å². The molecule has 33 heavy (non-hydrogen) atoms. The molecule has 0 saturated heterocycles. The van der Waals surface area contributed by atoms with Crippen LogP contribution in [0.2, 0.25) is 0 Å². The molecule has 4 aromatic rings. The molecule has 0 bridgehead atoms. The topological polar surface area (TPSA) is 69.8 Å². The predicted octanol–water partition coefficient (Wildman–Crippen LogP) is 7.54. The highest BCUT2D eigenvalue weighted by molar-refractivity contribution is 7.99. The summed E-state index contributed by atoms with van der Waals surface area (Å²) in [5.74, 6) is 1.20. The first kappa shape index (κ1) is 21.5. The number of H-pyrrole nitrogens is 1. The standard InChI is InChI=1S/C26H25FN4OS/c27-18-11-13-20(14-12-18)33-24-16-22-21(29-25(30-22)17-7-3-1-4-8-17)15-23(24)31-26(32)28-19-9-5-2-6-10-19/h2,5-6,9-17H,1,3-4,7-8H2,(H,29,30)(H2,28,31,32). The number of hydrogen-bond acceptors (Lipinski definition) is 3. The number of anilines is 2. The number of fused-ring (bicyclic) bond motifs is 1. The Kier molecular flexibility index (Phi) is 6.30. The Balaban J connectivity index is 1.46. The summed E-state index contributed by atoms with van der Waals surface area (Å²) < 4.78 is 13.4. The van der Waals surface area contributed by atoms with Crippen LogP contribution < -0.4 is 10.6 Å². The highest BCUT2D eigenvalue weighted by Gasteiger charge is 2.20. The zero-order valence-electron chi connectivity index (χ0n) is 18.1. The maximum Gasteiger partial charge on any atom is 0.323 e. The van der Waals surface area contributed by atoms with E-state index in [1.807, 2.05) is 42.5 Å². The number of amides is 2. The van der Waals surface area contributed by atoms with E-state index in [1.54, 1.807) is 12.1 Å². The van der Waals surface area contributed by atoms with Crippen molar-refractivity contribution >= 4 is 40.2 Å². The fourth-order valence-corrected chi connectivity index (χ4v) is 5.17. The number of nitrogens with one attached hydrogen (secondary N) is 3. The van der Waals surface area contributed by atoms with Crippen LogP contribution in [-0.2, 0) is 0 Å². The predicted molar refractivity (Wildman–Crippen MR) is 132 cm³/mol. The van der Waals surface area contributed by atoms with Crippen LogP contribution >= 0.6 is 11.8 Å². The average Bonchev–Trinajstić information content (AvgIpc) is 3.25. The number of carbonyl (C=O) groups is 1. The molecule has 0 aliphatic heterocycles. The van der Waals surface area contributed by atoms with Gasteiger partial charge in [-0.15, -0.1) is 0 Å². The molecule has 3 N–H and O–H groups in total. The van der Waals surface area contributed by atoms with Gasteiger partial charge in [-0.3, -0.25) is 0 Å². The van der Waals surface area contributed by atoms with E-state index in [9.17, 15) is 9.18 Å². The Labute approximate surface area is 196 Å². The number of carbonyl (C=O) groups excluding carboxylic acids is 1. The van der Waals surface area contributed by atoms with E-state index in [0.717, 1.165) is 39.5 Å². The van der Waals surface area contributed by atoms with Crippen LogP contribution in [0.15, 0.2) is 76.5 Å². The van der Waals surface area contributed by atoms with E-state index in [0.29, 0.717) is 17.3 Å².